The lowest BCUT2D eigenvalue weighted by molar-refractivity contribution is 0.0935. The lowest BCUT2D eigenvalue weighted by Crippen LogP contribution is -2.26. The molecule has 0 aliphatic heterocycles. The fourth-order valence-electron chi connectivity index (χ4n) is 2.94. The number of nitrogens with zero attached hydrogens (tertiary/aromatic N) is 5. The standard InChI is InChI=1S/C22H22N6O2/c1-14(2)20-26-22(30-27-20)17-9-10-23-19(11-17)28-12-18(24-13-28)21(29)25-15(3)16-7-5-4-6-8-16/h4-15H,1-3H3,(H,25,29)/t15-/m0/s1. The minimum absolute atomic E-state index is 0.127. The van der Waals surface area contributed by atoms with Gasteiger partial charge in [-0.25, -0.2) is 9.97 Å². The Balaban J connectivity index is 1.51. The fourth-order valence-corrected chi connectivity index (χ4v) is 2.94. The van der Waals surface area contributed by atoms with Crippen LogP contribution in [0.5, 0.6) is 0 Å². The Morgan fingerprint density at radius 2 is 1.90 bits per heavy atom. The second-order valence-electron chi connectivity index (χ2n) is 7.29. The summed E-state index contributed by atoms with van der Waals surface area (Å²) in [6.45, 7) is 5.94. The topological polar surface area (TPSA) is 98.7 Å². The molecule has 1 atom stereocenters. The van der Waals surface area contributed by atoms with Crippen molar-refractivity contribution >= 4 is 5.91 Å². The molecule has 0 aliphatic carbocycles. The van der Waals surface area contributed by atoms with Gasteiger partial charge in [0.2, 0.25) is 0 Å². The number of carbonyl (C=O) groups excluding carboxylic acids is 1. The number of nitrogens with one attached hydrogen (secondary N) is 1. The van der Waals surface area contributed by atoms with Gasteiger partial charge < -0.3 is 9.84 Å². The largest absolute Gasteiger partial charge is 0.344 e. The molecular formula is C22H22N6O2. The number of aromatic nitrogens is 5. The molecular weight excluding hydrogens is 380 g/mol. The Kier molecular flexibility index (Phi) is 5.38. The number of amides is 1. The molecule has 0 bridgehead atoms. The third kappa shape index (κ3) is 4.12. The normalized spacial score (nSPS) is 12.1. The highest BCUT2D eigenvalue weighted by molar-refractivity contribution is 5.92. The molecule has 4 rings (SSSR count). The molecule has 0 saturated heterocycles. The summed E-state index contributed by atoms with van der Waals surface area (Å²) in [4.78, 5) is 25.6. The van der Waals surface area contributed by atoms with Crippen LogP contribution < -0.4 is 5.32 Å². The van der Waals surface area contributed by atoms with Gasteiger partial charge in [0.25, 0.3) is 11.8 Å². The molecule has 3 heterocycles. The molecule has 0 saturated carbocycles. The highest BCUT2D eigenvalue weighted by Gasteiger charge is 2.16. The lowest BCUT2D eigenvalue weighted by atomic mass is 10.1. The summed E-state index contributed by atoms with van der Waals surface area (Å²) in [6, 6.07) is 13.3. The molecule has 30 heavy (non-hydrogen) atoms. The average Bonchev–Trinajstić information content (AvgIpc) is 3.45. The molecule has 1 amide bonds. The smallest absolute Gasteiger partial charge is 0.271 e. The highest BCUT2D eigenvalue weighted by Crippen LogP contribution is 2.21. The Labute approximate surface area is 174 Å². The molecule has 0 unspecified atom stereocenters. The van der Waals surface area contributed by atoms with E-state index in [0.29, 0.717) is 23.2 Å². The van der Waals surface area contributed by atoms with E-state index in [4.69, 9.17) is 4.52 Å². The molecule has 0 fully saturated rings. The summed E-state index contributed by atoms with van der Waals surface area (Å²) in [5.74, 6) is 1.60. The van der Waals surface area contributed by atoms with Gasteiger partial charge in [-0.2, -0.15) is 4.98 Å². The summed E-state index contributed by atoms with van der Waals surface area (Å²) in [5.41, 5.74) is 2.08. The fraction of sp³-hybridized carbons (Fsp3) is 0.227. The van der Waals surface area contributed by atoms with Gasteiger partial charge in [0.1, 0.15) is 17.8 Å². The van der Waals surface area contributed by atoms with Crippen LogP contribution in [0.1, 0.15) is 54.6 Å². The van der Waals surface area contributed by atoms with E-state index in [1.165, 1.54) is 0 Å². The summed E-state index contributed by atoms with van der Waals surface area (Å²) in [5, 5.41) is 6.96. The number of hydrogen-bond donors (Lipinski definition) is 1. The quantitative estimate of drug-likeness (QED) is 0.525. The number of pyridine rings is 1. The molecule has 4 aromatic rings. The molecule has 1 N–H and O–H groups in total. The zero-order valence-electron chi connectivity index (χ0n) is 17.0. The summed E-state index contributed by atoms with van der Waals surface area (Å²) in [6.07, 6.45) is 4.86. The highest BCUT2D eigenvalue weighted by atomic mass is 16.5. The summed E-state index contributed by atoms with van der Waals surface area (Å²) < 4.78 is 7.04. The van der Waals surface area contributed by atoms with Gasteiger partial charge >= 0.3 is 0 Å². The van der Waals surface area contributed by atoms with Crippen LogP contribution in [-0.2, 0) is 0 Å². The molecule has 8 heteroatoms. The van der Waals surface area contributed by atoms with E-state index in [2.05, 4.69) is 25.4 Å². The van der Waals surface area contributed by atoms with Gasteiger partial charge in [-0.05, 0) is 24.6 Å². The van der Waals surface area contributed by atoms with Crippen molar-refractivity contribution in [2.45, 2.75) is 32.7 Å². The average molecular weight is 402 g/mol. The van der Waals surface area contributed by atoms with Crippen molar-refractivity contribution in [1.82, 2.24) is 30.0 Å². The van der Waals surface area contributed by atoms with E-state index in [9.17, 15) is 4.79 Å². The number of imidazole rings is 1. The zero-order valence-corrected chi connectivity index (χ0v) is 17.0. The van der Waals surface area contributed by atoms with Crippen molar-refractivity contribution in [3.8, 4) is 17.3 Å². The molecule has 3 aromatic heterocycles. The van der Waals surface area contributed by atoms with E-state index in [-0.39, 0.29) is 17.9 Å². The monoisotopic (exact) mass is 402 g/mol. The second-order valence-corrected chi connectivity index (χ2v) is 7.29. The van der Waals surface area contributed by atoms with E-state index in [1.54, 1.807) is 29.4 Å². The number of rotatable bonds is 6. The number of carbonyl (C=O) groups is 1. The van der Waals surface area contributed by atoms with Crippen LogP contribution in [0.15, 0.2) is 65.7 Å². The Morgan fingerprint density at radius 3 is 2.63 bits per heavy atom. The third-order valence-electron chi connectivity index (χ3n) is 4.68. The molecule has 8 nitrogen and oxygen atoms in total. The number of benzene rings is 1. The summed E-state index contributed by atoms with van der Waals surface area (Å²) >= 11 is 0. The van der Waals surface area contributed by atoms with Gasteiger partial charge in [0.05, 0.1) is 6.04 Å². The molecule has 0 aliphatic rings. The van der Waals surface area contributed by atoms with Crippen molar-refractivity contribution in [2.24, 2.45) is 0 Å². The van der Waals surface area contributed by atoms with Crippen LogP contribution >= 0.6 is 0 Å². The van der Waals surface area contributed by atoms with Crippen molar-refractivity contribution < 1.29 is 9.32 Å². The maximum absolute atomic E-state index is 12.6. The molecule has 152 valence electrons. The van der Waals surface area contributed by atoms with Crippen LogP contribution in [0.2, 0.25) is 0 Å². The SMILES string of the molecule is CC(C)c1noc(-c2ccnc(-n3cnc(C(=O)N[C@@H](C)c4ccccc4)c3)c2)n1. The van der Waals surface area contributed by atoms with E-state index in [0.717, 1.165) is 11.1 Å². The van der Waals surface area contributed by atoms with Crippen LogP contribution in [0, 0.1) is 0 Å². The Bertz CT molecular complexity index is 1150. The first kappa shape index (κ1) is 19.5. The first-order valence-corrected chi connectivity index (χ1v) is 9.71. The van der Waals surface area contributed by atoms with Gasteiger partial charge in [0, 0.05) is 23.9 Å². The maximum Gasteiger partial charge on any atom is 0.271 e. The van der Waals surface area contributed by atoms with E-state index >= 15 is 0 Å². The zero-order chi connectivity index (χ0) is 21.1. The Hall–Kier alpha value is -3.81. The minimum Gasteiger partial charge on any atom is -0.344 e. The second kappa shape index (κ2) is 8.28. The number of hydrogen-bond acceptors (Lipinski definition) is 6. The predicted octanol–water partition coefficient (Wildman–Crippen LogP) is 3.93. The minimum atomic E-state index is -0.250. The van der Waals surface area contributed by atoms with Crippen molar-refractivity contribution in [1.29, 1.82) is 0 Å². The van der Waals surface area contributed by atoms with Gasteiger partial charge in [-0.15, -0.1) is 0 Å². The van der Waals surface area contributed by atoms with Crippen LogP contribution in [0.25, 0.3) is 17.3 Å². The van der Waals surface area contributed by atoms with Gasteiger partial charge in [-0.3, -0.25) is 9.36 Å². The maximum atomic E-state index is 12.6. The van der Waals surface area contributed by atoms with Gasteiger partial charge in [-0.1, -0.05) is 49.3 Å². The first-order valence-electron chi connectivity index (χ1n) is 9.71. The molecule has 0 radical (unpaired) electrons. The lowest BCUT2D eigenvalue weighted by Gasteiger charge is -2.13. The van der Waals surface area contributed by atoms with Crippen LogP contribution in [-0.4, -0.2) is 30.6 Å². The van der Waals surface area contributed by atoms with Crippen molar-refractivity contribution in [3.05, 3.63) is 78.3 Å². The van der Waals surface area contributed by atoms with Crippen molar-refractivity contribution in [3.63, 3.8) is 0 Å². The molecule has 1 aromatic carbocycles. The first-order chi connectivity index (χ1) is 14.5. The van der Waals surface area contributed by atoms with Crippen LogP contribution in [0.4, 0.5) is 0 Å². The summed E-state index contributed by atoms with van der Waals surface area (Å²) in [7, 11) is 0. The third-order valence-corrected chi connectivity index (χ3v) is 4.68. The van der Waals surface area contributed by atoms with E-state index < -0.39 is 0 Å². The van der Waals surface area contributed by atoms with E-state index in [1.807, 2.05) is 57.2 Å². The van der Waals surface area contributed by atoms with Gasteiger partial charge in [0.15, 0.2) is 5.82 Å². The van der Waals surface area contributed by atoms with Crippen LogP contribution in [0.3, 0.4) is 0 Å². The molecule has 0 spiro atoms. The predicted molar refractivity (Wildman–Crippen MR) is 111 cm³/mol. The Morgan fingerprint density at radius 1 is 1.10 bits per heavy atom. The van der Waals surface area contributed by atoms with Crippen molar-refractivity contribution in [2.75, 3.05) is 0 Å².